The van der Waals surface area contributed by atoms with Crippen molar-refractivity contribution in [1.82, 2.24) is 0 Å². The van der Waals surface area contributed by atoms with Crippen LogP contribution < -0.4 is 10.1 Å². The van der Waals surface area contributed by atoms with Crippen LogP contribution in [0.4, 0.5) is 5.69 Å². The van der Waals surface area contributed by atoms with E-state index in [1.54, 1.807) is 7.11 Å². The average Bonchev–Trinajstić information content (AvgIpc) is 3.08. The molecule has 43 heavy (non-hydrogen) atoms. The molecule has 0 aliphatic carbocycles. The van der Waals surface area contributed by atoms with E-state index in [2.05, 4.69) is 35.6 Å². The fourth-order valence-corrected chi connectivity index (χ4v) is 5.83. The van der Waals surface area contributed by atoms with E-state index in [4.69, 9.17) is 14.2 Å². The molecule has 0 aliphatic rings. The summed E-state index contributed by atoms with van der Waals surface area (Å²) >= 11 is 0. The Morgan fingerprint density at radius 1 is 0.698 bits per heavy atom. The highest BCUT2D eigenvalue weighted by atomic mass is 16.6. The van der Waals surface area contributed by atoms with E-state index in [0.29, 0.717) is 5.56 Å². The van der Waals surface area contributed by atoms with E-state index in [1.165, 1.54) is 7.11 Å². The smallest absolute Gasteiger partial charge is 0.345 e. The second kappa shape index (κ2) is 12.4. The number of carbonyl (C=O) groups excluding carboxylic acids is 1. The van der Waals surface area contributed by atoms with E-state index in [0.717, 1.165) is 44.1 Å². The van der Waals surface area contributed by atoms with Crippen molar-refractivity contribution in [1.29, 1.82) is 0 Å². The fourth-order valence-electron chi connectivity index (χ4n) is 5.83. The van der Waals surface area contributed by atoms with Crippen LogP contribution in [-0.2, 0) is 26.5 Å². The second-order valence-corrected chi connectivity index (χ2v) is 10.4. The van der Waals surface area contributed by atoms with Crippen molar-refractivity contribution >= 4 is 33.2 Å². The molecule has 6 rings (SSSR count). The van der Waals surface area contributed by atoms with E-state index >= 15 is 0 Å². The Kier molecular flexibility index (Phi) is 8.07. The molecular formula is C38H33NO4. The molecule has 0 amide bonds. The summed E-state index contributed by atoms with van der Waals surface area (Å²) in [5, 5.41) is 8.00. The van der Waals surface area contributed by atoms with Gasteiger partial charge in [0.1, 0.15) is 5.75 Å². The summed E-state index contributed by atoms with van der Waals surface area (Å²) in [4.78, 5) is 14.3. The molecule has 2 atom stereocenters. The first-order valence-corrected chi connectivity index (χ1v) is 14.3. The maximum atomic E-state index is 14.3. The Bertz CT molecular complexity index is 1780. The summed E-state index contributed by atoms with van der Waals surface area (Å²) in [6.07, 6.45) is 0. The minimum Gasteiger partial charge on any atom is -0.497 e. The quantitative estimate of drug-likeness (QED) is 0.133. The first-order valence-electron chi connectivity index (χ1n) is 14.3. The maximum Gasteiger partial charge on any atom is 0.345 e. The molecule has 0 radical (unpaired) electrons. The van der Waals surface area contributed by atoms with Gasteiger partial charge in [-0.15, -0.1) is 0 Å². The third kappa shape index (κ3) is 5.43. The number of fused-ring (bicyclic) bond motifs is 2. The Balaban J connectivity index is 1.55. The highest BCUT2D eigenvalue weighted by molar-refractivity contribution is 6.02. The number of benzene rings is 6. The number of carbonyl (C=O) groups is 1. The van der Waals surface area contributed by atoms with Gasteiger partial charge >= 0.3 is 5.97 Å². The lowest BCUT2D eigenvalue weighted by Crippen LogP contribution is -2.48. The SMILES string of the molecule is COC(=O)[C@](OCc1c2ccccc2cc2ccccc12)(c1ccccc1)[C@@H](Nc1ccc(OC)cc1)c1ccccc1. The van der Waals surface area contributed by atoms with E-state index < -0.39 is 17.6 Å². The zero-order valence-corrected chi connectivity index (χ0v) is 24.2. The summed E-state index contributed by atoms with van der Waals surface area (Å²) in [5.74, 6) is 0.237. The molecule has 0 heterocycles. The van der Waals surface area contributed by atoms with Crippen molar-refractivity contribution in [2.45, 2.75) is 18.2 Å². The number of ether oxygens (including phenoxy) is 3. The molecule has 0 aliphatic heterocycles. The number of hydrogen-bond donors (Lipinski definition) is 1. The van der Waals surface area contributed by atoms with Crippen LogP contribution in [0.15, 0.2) is 140 Å². The number of nitrogens with one attached hydrogen (secondary N) is 1. The minimum absolute atomic E-state index is 0.166. The summed E-state index contributed by atoms with van der Waals surface area (Å²) in [5.41, 5.74) is 1.80. The zero-order chi connectivity index (χ0) is 29.6. The van der Waals surface area contributed by atoms with Gasteiger partial charge in [0, 0.05) is 5.69 Å². The van der Waals surface area contributed by atoms with Crippen molar-refractivity contribution < 1.29 is 19.0 Å². The van der Waals surface area contributed by atoms with Crippen molar-refractivity contribution in [3.8, 4) is 5.75 Å². The Morgan fingerprint density at radius 3 is 1.84 bits per heavy atom. The van der Waals surface area contributed by atoms with Crippen LogP contribution >= 0.6 is 0 Å². The van der Waals surface area contributed by atoms with Crippen molar-refractivity contribution in [3.63, 3.8) is 0 Å². The minimum atomic E-state index is -1.56. The van der Waals surface area contributed by atoms with Gasteiger partial charge in [0.05, 0.1) is 26.9 Å². The Morgan fingerprint density at radius 2 is 1.26 bits per heavy atom. The fraction of sp³-hybridized carbons (Fsp3) is 0.132. The van der Waals surface area contributed by atoms with Gasteiger partial charge in [-0.05, 0) is 68.6 Å². The molecule has 5 heteroatoms. The van der Waals surface area contributed by atoms with E-state index in [9.17, 15) is 4.79 Å². The molecule has 0 aromatic heterocycles. The normalized spacial score (nSPS) is 13.3. The average molecular weight is 568 g/mol. The van der Waals surface area contributed by atoms with Gasteiger partial charge < -0.3 is 19.5 Å². The molecular weight excluding hydrogens is 534 g/mol. The van der Waals surface area contributed by atoms with Gasteiger partial charge in [0.25, 0.3) is 0 Å². The third-order valence-electron chi connectivity index (χ3n) is 7.96. The Labute approximate surface area is 251 Å². The lowest BCUT2D eigenvalue weighted by atomic mass is 9.81. The number of rotatable bonds is 10. The molecule has 5 nitrogen and oxygen atoms in total. The summed E-state index contributed by atoms with van der Waals surface area (Å²) in [6.45, 7) is 0.166. The molecule has 6 aromatic rings. The van der Waals surface area contributed by atoms with Gasteiger partial charge in [-0.2, -0.15) is 0 Å². The summed E-state index contributed by atoms with van der Waals surface area (Å²) in [7, 11) is 3.05. The maximum absolute atomic E-state index is 14.3. The van der Waals surface area contributed by atoms with Crippen LogP contribution in [0.3, 0.4) is 0 Å². The predicted molar refractivity (Wildman–Crippen MR) is 172 cm³/mol. The molecule has 0 spiro atoms. The van der Waals surface area contributed by atoms with Crippen molar-refractivity contribution in [2.75, 3.05) is 19.5 Å². The van der Waals surface area contributed by atoms with Crippen LogP contribution in [0.2, 0.25) is 0 Å². The molecule has 214 valence electrons. The van der Waals surface area contributed by atoms with Crippen molar-refractivity contribution in [3.05, 3.63) is 156 Å². The van der Waals surface area contributed by atoms with Crippen molar-refractivity contribution in [2.24, 2.45) is 0 Å². The summed E-state index contributed by atoms with van der Waals surface area (Å²) in [6, 6.07) is 45.2. The number of anilines is 1. The molecule has 0 saturated carbocycles. The highest BCUT2D eigenvalue weighted by Gasteiger charge is 2.51. The van der Waals surface area contributed by atoms with Gasteiger partial charge in [0.2, 0.25) is 5.60 Å². The molecule has 0 saturated heterocycles. The largest absolute Gasteiger partial charge is 0.497 e. The lowest BCUT2D eigenvalue weighted by molar-refractivity contribution is -0.177. The number of methoxy groups -OCH3 is 2. The van der Waals surface area contributed by atoms with Gasteiger partial charge in [-0.3, -0.25) is 0 Å². The molecule has 0 unspecified atom stereocenters. The van der Waals surface area contributed by atoms with Gasteiger partial charge in [-0.1, -0.05) is 109 Å². The third-order valence-corrected chi connectivity index (χ3v) is 7.96. The van der Waals surface area contributed by atoms with E-state index in [-0.39, 0.29) is 6.61 Å². The summed E-state index contributed by atoms with van der Waals surface area (Å²) < 4.78 is 18.0. The highest BCUT2D eigenvalue weighted by Crippen LogP contribution is 2.44. The number of esters is 1. The first-order chi connectivity index (χ1) is 21.1. The van der Waals surface area contributed by atoms with Crippen LogP contribution in [0.5, 0.6) is 5.75 Å². The molecule has 6 aromatic carbocycles. The molecule has 0 fully saturated rings. The van der Waals surface area contributed by atoms with Gasteiger partial charge in [-0.25, -0.2) is 4.79 Å². The standard InChI is InChI=1S/C38H33NO4/c1-41-32-23-21-31(22-24-32)39-36(27-13-5-3-6-14-27)38(37(40)42-2,30-17-7-4-8-18-30)43-26-35-33-19-11-9-15-28(33)25-29-16-10-12-20-34(29)35/h3-25,36,39H,26H2,1-2H3/t36-,38-/m0/s1. The predicted octanol–water partition coefficient (Wildman–Crippen LogP) is 8.44. The Hall–Kier alpha value is -5.13. The topological polar surface area (TPSA) is 56.8 Å². The van der Waals surface area contributed by atoms with Crippen LogP contribution in [0, 0.1) is 0 Å². The van der Waals surface area contributed by atoms with E-state index in [1.807, 2.05) is 109 Å². The van der Waals surface area contributed by atoms with Crippen LogP contribution in [-0.4, -0.2) is 20.2 Å². The lowest BCUT2D eigenvalue weighted by Gasteiger charge is -2.40. The second-order valence-electron chi connectivity index (χ2n) is 10.4. The number of hydrogen-bond acceptors (Lipinski definition) is 5. The van der Waals surface area contributed by atoms with Crippen LogP contribution in [0.25, 0.3) is 21.5 Å². The van der Waals surface area contributed by atoms with Crippen LogP contribution in [0.1, 0.15) is 22.7 Å². The van der Waals surface area contributed by atoms with Gasteiger partial charge in [0.15, 0.2) is 0 Å². The molecule has 0 bridgehead atoms. The first kappa shape index (κ1) is 28.0. The molecule has 1 N–H and O–H groups in total. The zero-order valence-electron chi connectivity index (χ0n) is 24.2. The monoisotopic (exact) mass is 567 g/mol.